The fourth-order valence-corrected chi connectivity index (χ4v) is 3.00. The van der Waals surface area contributed by atoms with E-state index in [1.54, 1.807) is 0 Å². The van der Waals surface area contributed by atoms with E-state index >= 15 is 0 Å². The number of rotatable bonds is 6. The van der Waals surface area contributed by atoms with Crippen molar-refractivity contribution in [3.05, 3.63) is 28.7 Å². The van der Waals surface area contributed by atoms with Crippen LogP contribution in [0.25, 0.3) is 0 Å². The Kier molecular flexibility index (Phi) is 7.20. The summed E-state index contributed by atoms with van der Waals surface area (Å²) < 4.78 is 0.975. The minimum atomic E-state index is -0.401. The quantitative estimate of drug-likeness (QED) is 0.766. The predicted molar refractivity (Wildman–Crippen MR) is 98.7 cm³/mol. The summed E-state index contributed by atoms with van der Waals surface area (Å²) in [5.41, 5.74) is 6.68. The number of piperazine rings is 1. The van der Waals surface area contributed by atoms with Gasteiger partial charge in [0.2, 0.25) is 11.8 Å². The van der Waals surface area contributed by atoms with Crippen LogP contribution in [0, 0.1) is 0 Å². The van der Waals surface area contributed by atoms with Crippen LogP contribution in [0.2, 0.25) is 0 Å². The summed E-state index contributed by atoms with van der Waals surface area (Å²) in [6.07, 6.45) is 1.62. The number of benzene rings is 1. The number of anilines is 1. The van der Waals surface area contributed by atoms with E-state index in [1.807, 2.05) is 36.1 Å². The van der Waals surface area contributed by atoms with Gasteiger partial charge in [0.1, 0.15) is 0 Å². The minimum Gasteiger partial charge on any atom is -0.339 e. The molecular formula is C17H25BrN4O2. The van der Waals surface area contributed by atoms with Crippen molar-refractivity contribution in [2.24, 2.45) is 5.73 Å². The standard InChI is InChI=1S/C17H25BrN4O2/c1-2-3-15(19)17(24)22-10-8-21(9-11-22)12-16(23)20-14-6-4-13(18)5-7-14/h4-7,15H,2-3,8-12,19H2,1H3,(H,20,23). The second-order valence-electron chi connectivity index (χ2n) is 6.05. The zero-order chi connectivity index (χ0) is 17.5. The average Bonchev–Trinajstić information content (AvgIpc) is 2.57. The molecule has 0 saturated carbocycles. The smallest absolute Gasteiger partial charge is 0.239 e. The van der Waals surface area contributed by atoms with Crippen molar-refractivity contribution in [2.45, 2.75) is 25.8 Å². The largest absolute Gasteiger partial charge is 0.339 e. The van der Waals surface area contributed by atoms with E-state index in [2.05, 4.69) is 26.1 Å². The van der Waals surface area contributed by atoms with E-state index < -0.39 is 6.04 Å². The molecule has 1 unspecified atom stereocenters. The van der Waals surface area contributed by atoms with Crippen LogP contribution in [0.4, 0.5) is 5.69 Å². The first-order valence-electron chi connectivity index (χ1n) is 8.31. The normalized spacial score (nSPS) is 16.7. The van der Waals surface area contributed by atoms with E-state index in [0.717, 1.165) is 16.6 Å². The molecule has 0 radical (unpaired) electrons. The molecule has 0 spiro atoms. The maximum absolute atomic E-state index is 12.2. The van der Waals surface area contributed by atoms with E-state index in [9.17, 15) is 9.59 Å². The molecule has 1 saturated heterocycles. The van der Waals surface area contributed by atoms with Gasteiger partial charge in [-0.1, -0.05) is 29.3 Å². The molecule has 2 amide bonds. The number of carbonyl (C=O) groups excluding carboxylic acids is 2. The van der Waals surface area contributed by atoms with Gasteiger partial charge in [-0.05, 0) is 30.7 Å². The van der Waals surface area contributed by atoms with Crippen LogP contribution < -0.4 is 11.1 Å². The molecule has 7 heteroatoms. The Balaban J connectivity index is 1.75. The molecule has 6 nitrogen and oxygen atoms in total. The molecule has 3 N–H and O–H groups in total. The van der Waals surface area contributed by atoms with Gasteiger partial charge in [-0.15, -0.1) is 0 Å². The van der Waals surface area contributed by atoms with Gasteiger partial charge in [0.15, 0.2) is 0 Å². The maximum atomic E-state index is 12.2. The van der Waals surface area contributed by atoms with E-state index in [4.69, 9.17) is 5.73 Å². The molecule has 1 aromatic rings. The number of amides is 2. The van der Waals surface area contributed by atoms with Gasteiger partial charge in [0.25, 0.3) is 0 Å². The highest BCUT2D eigenvalue weighted by Gasteiger charge is 2.25. The number of nitrogens with one attached hydrogen (secondary N) is 1. The summed E-state index contributed by atoms with van der Waals surface area (Å²) in [6, 6.07) is 7.09. The Bertz CT molecular complexity index is 556. The highest BCUT2D eigenvalue weighted by atomic mass is 79.9. The minimum absolute atomic E-state index is 0.0239. The monoisotopic (exact) mass is 396 g/mol. The van der Waals surface area contributed by atoms with Gasteiger partial charge in [0.05, 0.1) is 12.6 Å². The summed E-state index contributed by atoms with van der Waals surface area (Å²) in [7, 11) is 0. The van der Waals surface area contributed by atoms with Crippen LogP contribution in [0.3, 0.4) is 0 Å². The summed E-state index contributed by atoms with van der Waals surface area (Å²) in [4.78, 5) is 28.2. The van der Waals surface area contributed by atoms with Gasteiger partial charge in [-0.25, -0.2) is 0 Å². The van der Waals surface area contributed by atoms with Crippen molar-refractivity contribution in [1.82, 2.24) is 9.80 Å². The second kappa shape index (κ2) is 9.15. The molecule has 24 heavy (non-hydrogen) atoms. The van der Waals surface area contributed by atoms with Crippen molar-refractivity contribution in [1.29, 1.82) is 0 Å². The lowest BCUT2D eigenvalue weighted by Gasteiger charge is -2.35. The number of nitrogens with two attached hydrogens (primary N) is 1. The first-order chi connectivity index (χ1) is 11.5. The average molecular weight is 397 g/mol. The zero-order valence-electron chi connectivity index (χ0n) is 14.0. The molecule has 132 valence electrons. The lowest BCUT2D eigenvalue weighted by atomic mass is 10.1. The molecule has 0 aliphatic carbocycles. The second-order valence-corrected chi connectivity index (χ2v) is 6.97. The summed E-state index contributed by atoms with van der Waals surface area (Å²) >= 11 is 3.37. The van der Waals surface area contributed by atoms with Gasteiger partial charge in [0, 0.05) is 36.3 Å². The Hall–Kier alpha value is -1.44. The Morgan fingerprint density at radius 1 is 1.21 bits per heavy atom. The first kappa shape index (κ1) is 18.9. The highest BCUT2D eigenvalue weighted by molar-refractivity contribution is 9.10. The molecule has 1 aliphatic heterocycles. The molecule has 2 rings (SSSR count). The molecular weight excluding hydrogens is 372 g/mol. The van der Waals surface area contributed by atoms with Crippen molar-refractivity contribution in [2.75, 3.05) is 38.0 Å². The lowest BCUT2D eigenvalue weighted by Crippen LogP contribution is -2.54. The predicted octanol–water partition coefficient (Wildman–Crippen LogP) is 1.66. The fourth-order valence-electron chi connectivity index (χ4n) is 2.73. The van der Waals surface area contributed by atoms with Crippen molar-refractivity contribution < 1.29 is 9.59 Å². The van der Waals surface area contributed by atoms with E-state index in [0.29, 0.717) is 39.1 Å². The number of nitrogens with zero attached hydrogens (tertiary/aromatic N) is 2. The molecule has 1 fully saturated rings. The van der Waals surface area contributed by atoms with Crippen molar-refractivity contribution in [3.63, 3.8) is 0 Å². The van der Waals surface area contributed by atoms with Crippen LogP contribution in [0.5, 0.6) is 0 Å². The molecule has 1 heterocycles. The fraction of sp³-hybridized carbons (Fsp3) is 0.529. The number of carbonyl (C=O) groups is 2. The van der Waals surface area contributed by atoms with Crippen LogP contribution in [-0.2, 0) is 9.59 Å². The molecule has 1 aromatic carbocycles. The number of hydrogen-bond acceptors (Lipinski definition) is 4. The Labute approximate surface area is 151 Å². The third-order valence-corrected chi connectivity index (χ3v) is 4.62. The van der Waals surface area contributed by atoms with E-state index in [-0.39, 0.29) is 11.8 Å². The van der Waals surface area contributed by atoms with E-state index in [1.165, 1.54) is 0 Å². The molecule has 0 bridgehead atoms. The van der Waals surface area contributed by atoms with Gasteiger partial charge < -0.3 is 16.0 Å². The van der Waals surface area contributed by atoms with Crippen LogP contribution in [0.15, 0.2) is 28.7 Å². The van der Waals surface area contributed by atoms with Crippen LogP contribution in [0.1, 0.15) is 19.8 Å². The van der Waals surface area contributed by atoms with Crippen LogP contribution >= 0.6 is 15.9 Å². The van der Waals surface area contributed by atoms with Crippen molar-refractivity contribution >= 4 is 33.4 Å². The summed E-state index contributed by atoms with van der Waals surface area (Å²) in [5.74, 6) is -0.0180. The van der Waals surface area contributed by atoms with Crippen molar-refractivity contribution in [3.8, 4) is 0 Å². The third-order valence-electron chi connectivity index (χ3n) is 4.10. The zero-order valence-corrected chi connectivity index (χ0v) is 15.6. The lowest BCUT2D eigenvalue weighted by molar-refractivity contribution is -0.134. The molecule has 0 aromatic heterocycles. The Morgan fingerprint density at radius 3 is 2.42 bits per heavy atom. The molecule has 1 aliphatic rings. The third kappa shape index (κ3) is 5.58. The van der Waals surface area contributed by atoms with Crippen LogP contribution in [-0.4, -0.2) is 60.4 Å². The van der Waals surface area contributed by atoms with Gasteiger partial charge in [-0.3, -0.25) is 14.5 Å². The number of halogens is 1. The van der Waals surface area contributed by atoms with Gasteiger partial charge >= 0.3 is 0 Å². The maximum Gasteiger partial charge on any atom is 0.239 e. The number of hydrogen-bond donors (Lipinski definition) is 2. The Morgan fingerprint density at radius 2 is 1.83 bits per heavy atom. The SMILES string of the molecule is CCCC(N)C(=O)N1CCN(CC(=O)Nc2ccc(Br)cc2)CC1. The first-order valence-corrected chi connectivity index (χ1v) is 9.11. The summed E-state index contributed by atoms with van der Waals surface area (Å²) in [6.45, 7) is 4.99. The summed E-state index contributed by atoms with van der Waals surface area (Å²) in [5, 5.41) is 2.88. The molecule has 1 atom stereocenters. The highest BCUT2D eigenvalue weighted by Crippen LogP contribution is 2.14. The van der Waals surface area contributed by atoms with Gasteiger partial charge in [-0.2, -0.15) is 0 Å². The topological polar surface area (TPSA) is 78.7 Å².